The Labute approximate surface area is 155 Å². The van der Waals surface area contributed by atoms with Crippen LogP contribution in [0, 0.1) is 11.6 Å². The Morgan fingerprint density at radius 1 is 1.22 bits per heavy atom. The lowest BCUT2D eigenvalue weighted by Gasteiger charge is -2.32. The summed E-state index contributed by atoms with van der Waals surface area (Å²) in [5.74, 6) is -2.27. The van der Waals surface area contributed by atoms with Crippen LogP contribution in [0.5, 0.6) is 5.75 Å². The Bertz CT molecular complexity index is 971. The van der Waals surface area contributed by atoms with Gasteiger partial charge in [-0.05, 0) is 48.6 Å². The summed E-state index contributed by atoms with van der Waals surface area (Å²) in [7, 11) is 1.19. The highest BCUT2D eigenvalue weighted by Crippen LogP contribution is 2.33. The number of carbonyl (C=O) groups is 1. The van der Waals surface area contributed by atoms with E-state index in [1.807, 2.05) is 18.3 Å². The highest BCUT2D eigenvalue weighted by atomic mass is 19.1. The van der Waals surface area contributed by atoms with Crippen molar-refractivity contribution < 1.29 is 18.3 Å². The normalized spacial score (nSPS) is 15.3. The number of aromatic amines is 1. The van der Waals surface area contributed by atoms with E-state index in [0.717, 1.165) is 36.0 Å². The molecule has 0 atom stereocenters. The van der Waals surface area contributed by atoms with Crippen molar-refractivity contribution in [3.05, 3.63) is 59.4 Å². The van der Waals surface area contributed by atoms with Crippen LogP contribution >= 0.6 is 0 Å². The van der Waals surface area contributed by atoms with E-state index in [-0.39, 0.29) is 11.5 Å². The van der Waals surface area contributed by atoms with Gasteiger partial charge in [0.05, 0.1) is 7.11 Å². The molecule has 1 fully saturated rings. The fourth-order valence-electron chi connectivity index (χ4n) is 3.79. The highest BCUT2D eigenvalue weighted by Gasteiger charge is 2.27. The average Bonchev–Trinajstić information content (AvgIpc) is 3.16. The first-order chi connectivity index (χ1) is 13.1. The smallest absolute Gasteiger partial charge is 0.254 e. The number of methoxy groups -OCH3 is 1. The lowest BCUT2D eigenvalue weighted by Crippen LogP contribution is -2.38. The maximum Gasteiger partial charge on any atom is 0.254 e. The fourth-order valence-corrected chi connectivity index (χ4v) is 3.79. The number of nitrogens with zero attached hydrogens (tertiary/aromatic N) is 2. The number of nitrogens with one attached hydrogen (secondary N) is 1. The first-order valence-corrected chi connectivity index (χ1v) is 8.82. The number of carbonyl (C=O) groups excluding carboxylic acids is 1. The molecule has 2 aromatic heterocycles. The summed E-state index contributed by atoms with van der Waals surface area (Å²) in [6, 6.07) is 6.09. The van der Waals surface area contributed by atoms with Crippen LogP contribution in [0.1, 0.15) is 34.7 Å². The standard InChI is InChI=1S/C20H19F2N3O2/c1-27-18-16(21)10-13(11-17(18)22)20(26)25-8-4-12(5-9-25)14-2-6-23-19-15(14)3-7-24-19/h2-3,6-7,10-12H,4-5,8-9H2,1H3,(H,23,24). The summed E-state index contributed by atoms with van der Waals surface area (Å²) in [5, 5.41) is 1.10. The molecule has 1 aliphatic heterocycles. The van der Waals surface area contributed by atoms with E-state index in [1.165, 1.54) is 12.7 Å². The number of H-pyrrole nitrogens is 1. The van der Waals surface area contributed by atoms with Crippen molar-refractivity contribution in [3.63, 3.8) is 0 Å². The summed E-state index contributed by atoms with van der Waals surface area (Å²) in [5.41, 5.74) is 2.08. The number of fused-ring (bicyclic) bond motifs is 1. The molecule has 0 saturated carbocycles. The zero-order valence-electron chi connectivity index (χ0n) is 14.8. The molecule has 1 aromatic carbocycles. The van der Waals surface area contributed by atoms with Crippen molar-refractivity contribution in [2.75, 3.05) is 20.2 Å². The molecule has 1 N–H and O–H groups in total. The molecule has 3 aromatic rings. The summed E-state index contributed by atoms with van der Waals surface area (Å²) in [4.78, 5) is 21.7. The van der Waals surface area contributed by atoms with Gasteiger partial charge in [0, 0.05) is 36.4 Å². The second kappa shape index (κ2) is 6.98. The number of hydrogen-bond acceptors (Lipinski definition) is 3. The molecule has 0 unspecified atom stereocenters. The van der Waals surface area contributed by atoms with Crippen LogP contribution in [0.4, 0.5) is 8.78 Å². The largest absolute Gasteiger partial charge is 0.491 e. The summed E-state index contributed by atoms with van der Waals surface area (Å²) in [6.45, 7) is 1.07. The molecule has 0 aliphatic carbocycles. The van der Waals surface area contributed by atoms with Crippen molar-refractivity contribution in [1.29, 1.82) is 0 Å². The van der Waals surface area contributed by atoms with Gasteiger partial charge in [-0.25, -0.2) is 13.8 Å². The minimum Gasteiger partial charge on any atom is -0.491 e. The zero-order chi connectivity index (χ0) is 19.0. The fraction of sp³-hybridized carbons (Fsp3) is 0.300. The van der Waals surface area contributed by atoms with Crippen molar-refractivity contribution >= 4 is 16.9 Å². The maximum atomic E-state index is 13.9. The van der Waals surface area contributed by atoms with Gasteiger partial charge in [-0.1, -0.05) is 0 Å². The van der Waals surface area contributed by atoms with Crippen LogP contribution < -0.4 is 4.74 Å². The maximum absolute atomic E-state index is 13.9. The number of hydrogen-bond donors (Lipinski definition) is 1. The molecule has 7 heteroatoms. The van der Waals surface area contributed by atoms with E-state index in [1.54, 1.807) is 11.1 Å². The molecule has 4 rings (SSSR count). The van der Waals surface area contributed by atoms with E-state index < -0.39 is 17.4 Å². The molecule has 1 aliphatic rings. The number of rotatable bonds is 3. The van der Waals surface area contributed by atoms with Gasteiger partial charge < -0.3 is 14.6 Å². The number of piperidine rings is 1. The van der Waals surface area contributed by atoms with E-state index >= 15 is 0 Å². The molecule has 0 radical (unpaired) electrons. The van der Waals surface area contributed by atoms with E-state index in [2.05, 4.69) is 14.7 Å². The van der Waals surface area contributed by atoms with Crippen LogP contribution in [0.25, 0.3) is 11.0 Å². The number of likely N-dealkylation sites (tertiary alicyclic amines) is 1. The first-order valence-electron chi connectivity index (χ1n) is 8.82. The van der Waals surface area contributed by atoms with Crippen LogP contribution in [0.2, 0.25) is 0 Å². The Kier molecular flexibility index (Phi) is 4.51. The van der Waals surface area contributed by atoms with Crippen molar-refractivity contribution in [2.24, 2.45) is 0 Å². The van der Waals surface area contributed by atoms with Crippen molar-refractivity contribution in [2.45, 2.75) is 18.8 Å². The van der Waals surface area contributed by atoms with Crippen molar-refractivity contribution in [1.82, 2.24) is 14.9 Å². The van der Waals surface area contributed by atoms with Gasteiger partial charge in [-0.3, -0.25) is 4.79 Å². The predicted molar refractivity (Wildman–Crippen MR) is 96.9 cm³/mol. The Morgan fingerprint density at radius 3 is 2.59 bits per heavy atom. The van der Waals surface area contributed by atoms with E-state index in [0.29, 0.717) is 19.0 Å². The molecular formula is C20H19F2N3O2. The Morgan fingerprint density at radius 2 is 1.93 bits per heavy atom. The van der Waals surface area contributed by atoms with Crippen LogP contribution in [0.3, 0.4) is 0 Å². The summed E-state index contributed by atoms with van der Waals surface area (Å²) < 4.78 is 32.5. The van der Waals surface area contributed by atoms with Crippen LogP contribution in [-0.2, 0) is 0 Å². The average molecular weight is 371 g/mol. The lowest BCUT2D eigenvalue weighted by molar-refractivity contribution is 0.0712. The predicted octanol–water partition coefficient (Wildman–Crippen LogP) is 3.87. The number of ether oxygens (including phenoxy) is 1. The quantitative estimate of drug-likeness (QED) is 0.760. The van der Waals surface area contributed by atoms with Gasteiger partial charge in [-0.2, -0.15) is 0 Å². The minimum absolute atomic E-state index is 0.00110. The molecule has 0 bridgehead atoms. The molecule has 5 nitrogen and oxygen atoms in total. The topological polar surface area (TPSA) is 58.2 Å². The number of halogens is 2. The van der Waals surface area contributed by atoms with Gasteiger partial charge in [0.2, 0.25) is 0 Å². The van der Waals surface area contributed by atoms with E-state index in [4.69, 9.17) is 0 Å². The monoisotopic (exact) mass is 371 g/mol. The van der Waals surface area contributed by atoms with Crippen molar-refractivity contribution in [3.8, 4) is 5.75 Å². The van der Waals surface area contributed by atoms with E-state index in [9.17, 15) is 13.6 Å². The molecule has 27 heavy (non-hydrogen) atoms. The molecule has 1 saturated heterocycles. The Hall–Kier alpha value is -2.96. The molecule has 140 valence electrons. The van der Waals surface area contributed by atoms with Crippen LogP contribution in [0.15, 0.2) is 36.7 Å². The second-order valence-corrected chi connectivity index (χ2v) is 6.68. The minimum atomic E-state index is -0.873. The first kappa shape index (κ1) is 17.5. The Balaban J connectivity index is 1.49. The molecule has 1 amide bonds. The zero-order valence-corrected chi connectivity index (χ0v) is 14.8. The number of amides is 1. The molecular weight excluding hydrogens is 352 g/mol. The van der Waals surface area contributed by atoms with Gasteiger partial charge in [0.15, 0.2) is 17.4 Å². The van der Waals surface area contributed by atoms with Gasteiger partial charge >= 0.3 is 0 Å². The third-order valence-corrected chi connectivity index (χ3v) is 5.17. The third kappa shape index (κ3) is 3.13. The second-order valence-electron chi connectivity index (χ2n) is 6.68. The summed E-state index contributed by atoms with van der Waals surface area (Å²) in [6.07, 6.45) is 5.23. The van der Waals surface area contributed by atoms with Crippen LogP contribution in [-0.4, -0.2) is 41.0 Å². The number of benzene rings is 1. The number of pyridine rings is 1. The SMILES string of the molecule is COc1c(F)cc(C(=O)N2CCC(c3ccnc4[nH]ccc34)CC2)cc1F. The van der Waals surface area contributed by atoms with Gasteiger partial charge in [0.1, 0.15) is 5.65 Å². The molecule has 3 heterocycles. The molecule has 0 spiro atoms. The lowest BCUT2D eigenvalue weighted by atomic mass is 9.88. The third-order valence-electron chi connectivity index (χ3n) is 5.17. The van der Waals surface area contributed by atoms with Gasteiger partial charge in [-0.15, -0.1) is 0 Å². The summed E-state index contributed by atoms with van der Waals surface area (Å²) >= 11 is 0. The highest BCUT2D eigenvalue weighted by molar-refractivity contribution is 5.94. The number of aromatic nitrogens is 2. The van der Waals surface area contributed by atoms with Gasteiger partial charge in [0.25, 0.3) is 5.91 Å².